The SMILES string of the molecule is Cn1cc(-c2ccn3c(CC(=O)O)c(-c4ccccc4)nc3c2)cn1. The van der Waals surface area contributed by atoms with Crippen molar-refractivity contribution in [3.8, 4) is 22.4 Å². The van der Waals surface area contributed by atoms with E-state index < -0.39 is 5.97 Å². The van der Waals surface area contributed by atoms with Crippen molar-refractivity contribution in [1.82, 2.24) is 19.2 Å². The van der Waals surface area contributed by atoms with Crippen molar-refractivity contribution in [3.05, 3.63) is 66.7 Å². The van der Waals surface area contributed by atoms with Crippen LogP contribution in [0.15, 0.2) is 61.1 Å². The first-order valence-corrected chi connectivity index (χ1v) is 7.89. The van der Waals surface area contributed by atoms with Crippen molar-refractivity contribution >= 4 is 11.6 Å². The highest BCUT2D eigenvalue weighted by Gasteiger charge is 2.17. The Bertz CT molecular complexity index is 1060. The normalized spacial score (nSPS) is 11.1. The summed E-state index contributed by atoms with van der Waals surface area (Å²) in [5, 5.41) is 13.5. The maximum atomic E-state index is 11.3. The van der Waals surface area contributed by atoms with Gasteiger partial charge in [0.2, 0.25) is 0 Å². The molecule has 1 aromatic carbocycles. The minimum absolute atomic E-state index is 0.0857. The lowest BCUT2D eigenvalue weighted by Crippen LogP contribution is -2.04. The summed E-state index contributed by atoms with van der Waals surface area (Å²) in [4.78, 5) is 16.0. The molecule has 0 aliphatic rings. The molecular formula is C19H16N4O2. The maximum Gasteiger partial charge on any atom is 0.309 e. The third-order valence-electron chi connectivity index (χ3n) is 4.13. The summed E-state index contributed by atoms with van der Waals surface area (Å²) in [5.74, 6) is -0.879. The molecule has 3 aromatic heterocycles. The van der Waals surface area contributed by atoms with Crippen molar-refractivity contribution in [2.45, 2.75) is 6.42 Å². The fraction of sp³-hybridized carbons (Fsp3) is 0.105. The Morgan fingerprint density at radius 1 is 1.12 bits per heavy atom. The zero-order valence-electron chi connectivity index (χ0n) is 13.6. The zero-order chi connectivity index (χ0) is 17.4. The molecule has 0 atom stereocenters. The summed E-state index contributed by atoms with van der Waals surface area (Å²) in [5.41, 5.74) is 4.99. The Morgan fingerprint density at radius 3 is 2.60 bits per heavy atom. The Hall–Kier alpha value is -3.41. The van der Waals surface area contributed by atoms with E-state index >= 15 is 0 Å². The van der Waals surface area contributed by atoms with Gasteiger partial charge in [0.15, 0.2) is 0 Å². The number of nitrogens with zero attached hydrogens (tertiary/aromatic N) is 4. The molecular weight excluding hydrogens is 316 g/mol. The summed E-state index contributed by atoms with van der Waals surface area (Å²) < 4.78 is 3.59. The van der Waals surface area contributed by atoms with Crippen LogP contribution in [0.2, 0.25) is 0 Å². The molecule has 0 spiro atoms. The number of carboxylic acids is 1. The molecule has 0 aliphatic heterocycles. The van der Waals surface area contributed by atoms with Crippen molar-refractivity contribution < 1.29 is 9.90 Å². The van der Waals surface area contributed by atoms with Crippen LogP contribution in [0.1, 0.15) is 5.69 Å². The number of carbonyl (C=O) groups is 1. The number of benzene rings is 1. The highest BCUT2D eigenvalue weighted by atomic mass is 16.4. The van der Waals surface area contributed by atoms with Gasteiger partial charge in [-0.15, -0.1) is 0 Å². The molecule has 6 heteroatoms. The number of fused-ring (bicyclic) bond motifs is 1. The standard InChI is InChI=1S/C19H16N4O2/c1-22-12-15(11-20-22)14-7-8-23-16(10-18(24)25)19(21-17(23)9-14)13-5-3-2-4-6-13/h2-9,11-12H,10H2,1H3,(H,24,25). The van der Waals surface area contributed by atoms with Crippen molar-refractivity contribution in [2.75, 3.05) is 0 Å². The van der Waals surface area contributed by atoms with E-state index in [2.05, 4.69) is 5.10 Å². The van der Waals surface area contributed by atoms with Crippen LogP contribution in [0.4, 0.5) is 0 Å². The molecule has 124 valence electrons. The van der Waals surface area contributed by atoms with Gasteiger partial charge in [0, 0.05) is 30.6 Å². The molecule has 0 aliphatic carbocycles. The fourth-order valence-corrected chi connectivity index (χ4v) is 2.98. The Kier molecular flexibility index (Phi) is 3.57. The van der Waals surface area contributed by atoms with E-state index in [1.54, 1.807) is 10.9 Å². The molecule has 4 aromatic rings. The number of hydrogen-bond donors (Lipinski definition) is 1. The van der Waals surface area contributed by atoms with Gasteiger partial charge in [0.05, 0.1) is 24.0 Å². The summed E-state index contributed by atoms with van der Waals surface area (Å²) in [6.07, 6.45) is 5.52. The second kappa shape index (κ2) is 5.90. The van der Waals surface area contributed by atoms with E-state index in [-0.39, 0.29) is 6.42 Å². The van der Waals surface area contributed by atoms with Crippen LogP contribution in [0.25, 0.3) is 28.0 Å². The van der Waals surface area contributed by atoms with Crippen LogP contribution in [0.3, 0.4) is 0 Å². The van der Waals surface area contributed by atoms with Crippen LogP contribution in [0, 0.1) is 0 Å². The van der Waals surface area contributed by atoms with Gasteiger partial charge in [-0.05, 0) is 17.7 Å². The van der Waals surface area contributed by atoms with Gasteiger partial charge in [0.25, 0.3) is 0 Å². The summed E-state index contributed by atoms with van der Waals surface area (Å²) in [7, 11) is 1.87. The lowest BCUT2D eigenvalue weighted by atomic mass is 10.1. The monoisotopic (exact) mass is 332 g/mol. The topological polar surface area (TPSA) is 72.4 Å². The van der Waals surface area contributed by atoms with Gasteiger partial charge >= 0.3 is 5.97 Å². The third kappa shape index (κ3) is 2.78. The Morgan fingerprint density at radius 2 is 1.92 bits per heavy atom. The largest absolute Gasteiger partial charge is 0.481 e. The molecule has 0 saturated carbocycles. The number of aryl methyl sites for hydroxylation is 1. The number of aromatic nitrogens is 4. The average Bonchev–Trinajstić information content (AvgIpc) is 3.19. The minimum atomic E-state index is -0.879. The van der Waals surface area contributed by atoms with Crippen molar-refractivity contribution in [2.24, 2.45) is 7.05 Å². The predicted molar refractivity (Wildman–Crippen MR) is 94.2 cm³/mol. The third-order valence-corrected chi connectivity index (χ3v) is 4.13. The molecule has 0 saturated heterocycles. The molecule has 3 heterocycles. The van der Waals surface area contributed by atoms with Gasteiger partial charge in [-0.3, -0.25) is 9.48 Å². The number of aliphatic carboxylic acids is 1. The van der Waals surface area contributed by atoms with Crippen molar-refractivity contribution in [1.29, 1.82) is 0 Å². The number of hydrogen-bond acceptors (Lipinski definition) is 3. The van der Waals surface area contributed by atoms with Crippen LogP contribution in [-0.2, 0) is 18.3 Å². The van der Waals surface area contributed by atoms with Gasteiger partial charge in [-0.25, -0.2) is 4.98 Å². The quantitative estimate of drug-likeness (QED) is 0.623. The molecule has 25 heavy (non-hydrogen) atoms. The van der Waals surface area contributed by atoms with E-state index in [4.69, 9.17) is 4.98 Å². The fourth-order valence-electron chi connectivity index (χ4n) is 2.98. The van der Waals surface area contributed by atoms with Crippen LogP contribution in [0.5, 0.6) is 0 Å². The summed E-state index contributed by atoms with van der Waals surface area (Å²) in [6, 6.07) is 13.6. The van der Waals surface area contributed by atoms with Gasteiger partial charge in [-0.2, -0.15) is 5.10 Å². The molecule has 0 radical (unpaired) electrons. The highest BCUT2D eigenvalue weighted by molar-refractivity contribution is 5.77. The molecule has 1 N–H and O–H groups in total. The Labute approximate surface area is 144 Å². The number of rotatable bonds is 4. The van der Waals surface area contributed by atoms with Crippen LogP contribution in [-0.4, -0.2) is 30.2 Å². The molecule has 0 amide bonds. The number of pyridine rings is 1. The maximum absolute atomic E-state index is 11.3. The van der Waals surface area contributed by atoms with Crippen LogP contribution >= 0.6 is 0 Å². The molecule has 4 rings (SSSR count). The van der Waals surface area contributed by atoms with Gasteiger partial charge in [0.1, 0.15) is 5.65 Å². The molecule has 6 nitrogen and oxygen atoms in total. The second-order valence-corrected chi connectivity index (χ2v) is 5.89. The lowest BCUT2D eigenvalue weighted by molar-refractivity contribution is -0.136. The summed E-state index contributed by atoms with van der Waals surface area (Å²) in [6.45, 7) is 0. The smallest absolute Gasteiger partial charge is 0.309 e. The first kappa shape index (κ1) is 15.1. The second-order valence-electron chi connectivity index (χ2n) is 5.89. The molecule has 0 bridgehead atoms. The predicted octanol–water partition coefficient (Wildman–Crippen LogP) is 3.03. The van der Waals surface area contributed by atoms with Crippen LogP contribution < -0.4 is 0 Å². The molecule has 0 fully saturated rings. The highest BCUT2D eigenvalue weighted by Crippen LogP contribution is 2.27. The lowest BCUT2D eigenvalue weighted by Gasteiger charge is -2.03. The number of carboxylic acid groups (broad SMARTS) is 1. The van der Waals surface area contributed by atoms with E-state index in [0.717, 1.165) is 22.3 Å². The minimum Gasteiger partial charge on any atom is -0.481 e. The zero-order valence-corrected chi connectivity index (χ0v) is 13.6. The Balaban J connectivity index is 1.90. The number of imidazole rings is 1. The first-order chi connectivity index (χ1) is 12.1. The van der Waals surface area contributed by atoms with E-state index in [9.17, 15) is 9.90 Å². The molecule has 0 unspecified atom stereocenters. The first-order valence-electron chi connectivity index (χ1n) is 7.89. The van der Waals surface area contributed by atoms with Gasteiger partial charge in [-0.1, -0.05) is 30.3 Å². The van der Waals surface area contributed by atoms with E-state index in [1.807, 2.05) is 66.3 Å². The van der Waals surface area contributed by atoms with Gasteiger partial charge < -0.3 is 9.51 Å². The van der Waals surface area contributed by atoms with Crippen molar-refractivity contribution in [3.63, 3.8) is 0 Å². The summed E-state index contributed by atoms with van der Waals surface area (Å²) >= 11 is 0. The van der Waals surface area contributed by atoms with E-state index in [0.29, 0.717) is 11.4 Å². The average molecular weight is 332 g/mol. The van der Waals surface area contributed by atoms with E-state index in [1.165, 1.54) is 0 Å².